The Hall–Kier alpha value is 1.13. The molecule has 0 amide bonds. The molecule has 0 heterocycles. The summed E-state index contributed by atoms with van der Waals surface area (Å²) in [5.74, 6) is 1.89. The molecule has 0 unspecified atom stereocenters. The minimum Gasteiger partial charge on any atom is -0.790 e. The largest absolute Gasteiger partial charge is 1.00 e. The smallest absolute Gasteiger partial charge is 0.790 e. The number of benzene rings is 1. The van der Waals surface area contributed by atoms with Gasteiger partial charge < -0.3 is 23.6 Å². The van der Waals surface area contributed by atoms with E-state index in [2.05, 4.69) is 11.4 Å². The second kappa shape index (κ2) is 10.3. The van der Waals surface area contributed by atoms with Crippen LogP contribution in [0.15, 0.2) is 18.2 Å². The summed E-state index contributed by atoms with van der Waals surface area (Å²) < 4.78 is 20.3. The predicted octanol–water partition coefficient (Wildman–Crippen LogP) is -3.49. The number of phosphoric ester groups is 1. The molecule has 0 N–H and O–H groups in total. The zero-order valence-electron chi connectivity index (χ0n) is 14.6. The fraction of sp³-hybridized carbons (Fsp3) is 0.600. The molecule has 5 nitrogen and oxygen atoms in total. The summed E-state index contributed by atoms with van der Waals surface area (Å²) in [5, 5.41) is 0. The van der Waals surface area contributed by atoms with E-state index >= 15 is 0 Å². The third-order valence-electron chi connectivity index (χ3n) is 3.93. The average Bonchev–Trinajstić information content (AvgIpc) is 3.20. The van der Waals surface area contributed by atoms with E-state index in [-0.39, 0.29) is 65.0 Å². The van der Waals surface area contributed by atoms with E-state index in [1.54, 1.807) is 0 Å². The van der Waals surface area contributed by atoms with Crippen molar-refractivity contribution >= 4 is 7.82 Å². The number of para-hydroxylation sites is 1. The van der Waals surface area contributed by atoms with Crippen molar-refractivity contribution in [3.05, 3.63) is 29.3 Å². The Balaban J connectivity index is 0.00000242. The van der Waals surface area contributed by atoms with Gasteiger partial charge in [0.2, 0.25) is 0 Å². The second-order valence-electron chi connectivity index (χ2n) is 5.88. The van der Waals surface area contributed by atoms with Crippen molar-refractivity contribution in [1.82, 2.24) is 0 Å². The van der Waals surface area contributed by atoms with Crippen LogP contribution in [0, 0.1) is 5.92 Å². The van der Waals surface area contributed by atoms with Crippen molar-refractivity contribution in [3.8, 4) is 5.75 Å². The Morgan fingerprint density at radius 1 is 1.17 bits per heavy atom. The standard InChI is InChI=1S/C15H23O5P.2Na/c1-10(2)13-5-4-6-14(11(3)12-7-8-12)15(13)19-9-20-21(16,17)18;;/h4-6,10-12H,7-9H2,1-3H3,(H2,16,17,18);;/q;2*+1/p-2/t11-;;/m0../s1. The van der Waals surface area contributed by atoms with E-state index < -0.39 is 14.6 Å². The van der Waals surface area contributed by atoms with Gasteiger partial charge in [-0.2, -0.15) is 0 Å². The molecule has 0 aromatic heterocycles. The van der Waals surface area contributed by atoms with E-state index in [4.69, 9.17) is 4.74 Å². The molecule has 1 fully saturated rings. The van der Waals surface area contributed by atoms with E-state index in [0.717, 1.165) is 11.1 Å². The fourth-order valence-electron chi connectivity index (χ4n) is 2.55. The van der Waals surface area contributed by atoms with Gasteiger partial charge in [-0.25, -0.2) is 0 Å². The van der Waals surface area contributed by atoms with Crippen molar-refractivity contribution in [2.75, 3.05) is 6.79 Å². The molecule has 1 saturated carbocycles. The number of hydrogen-bond acceptors (Lipinski definition) is 5. The molecule has 1 aromatic carbocycles. The van der Waals surface area contributed by atoms with Gasteiger partial charge in [-0.15, -0.1) is 0 Å². The molecule has 1 atom stereocenters. The minimum absolute atomic E-state index is 0. The van der Waals surface area contributed by atoms with Crippen LogP contribution in [0.3, 0.4) is 0 Å². The van der Waals surface area contributed by atoms with E-state index in [1.165, 1.54) is 12.8 Å². The molecular weight excluding hydrogens is 337 g/mol. The maximum atomic E-state index is 10.5. The number of rotatable bonds is 7. The van der Waals surface area contributed by atoms with Crippen LogP contribution < -0.4 is 73.6 Å². The molecule has 0 radical (unpaired) electrons. The monoisotopic (exact) mass is 358 g/mol. The maximum absolute atomic E-state index is 10.5. The third kappa shape index (κ3) is 7.49. The first-order valence-corrected chi connectivity index (χ1v) is 8.68. The van der Waals surface area contributed by atoms with Gasteiger partial charge >= 0.3 is 59.1 Å². The van der Waals surface area contributed by atoms with Gasteiger partial charge in [0, 0.05) is 0 Å². The molecule has 1 aromatic rings. The van der Waals surface area contributed by atoms with Crippen molar-refractivity contribution < 1.29 is 82.7 Å². The molecule has 0 aliphatic heterocycles. The second-order valence-corrected chi connectivity index (χ2v) is 7.04. The Morgan fingerprint density at radius 2 is 1.74 bits per heavy atom. The van der Waals surface area contributed by atoms with Gasteiger partial charge in [-0.05, 0) is 41.7 Å². The number of hydrogen-bond donors (Lipinski definition) is 0. The summed E-state index contributed by atoms with van der Waals surface area (Å²) in [6.07, 6.45) is 2.42. The van der Waals surface area contributed by atoms with Gasteiger partial charge in [0.25, 0.3) is 0 Å². The first kappa shape index (κ1) is 24.1. The molecule has 118 valence electrons. The summed E-state index contributed by atoms with van der Waals surface area (Å²) in [6.45, 7) is 5.66. The van der Waals surface area contributed by atoms with Gasteiger partial charge in [-0.3, -0.25) is 0 Å². The van der Waals surface area contributed by atoms with Crippen LogP contribution in [0.2, 0.25) is 0 Å². The topological polar surface area (TPSA) is 81.7 Å². The zero-order valence-corrected chi connectivity index (χ0v) is 19.5. The third-order valence-corrected chi connectivity index (χ3v) is 4.35. The van der Waals surface area contributed by atoms with Crippen molar-refractivity contribution in [2.24, 2.45) is 5.92 Å². The molecule has 0 bridgehead atoms. The van der Waals surface area contributed by atoms with E-state index in [9.17, 15) is 14.4 Å². The van der Waals surface area contributed by atoms with E-state index in [0.29, 0.717) is 17.6 Å². The molecule has 1 aliphatic rings. The van der Waals surface area contributed by atoms with E-state index in [1.807, 2.05) is 32.0 Å². The van der Waals surface area contributed by atoms with Crippen molar-refractivity contribution in [2.45, 2.75) is 45.4 Å². The fourth-order valence-corrected chi connectivity index (χ4v) is 2.74. The molecule has 8 heteroatoms. The normalized spacial score (nSPS) is 15.6. The summed E-state index contributed by atoms with van der Waals surface area (Å²) in [4.78, 5) is 21.1. The predicted molar refractivity (Wildman–Crippen MR) is 75.9 cm³/mol. The summed E-state index contributed by atoms with van der Waals surface area (Å²) >= 11 is 0. The van der Waals surface area contributed by atoms with Crippen molar-refractivity contribution in [1.29, 1.82) is 0 Å². The van der Waals surface area contributed by atoms with Crippen LogP contribution >= 0.6 is 7.82 Å². The Labute approximate surface area is 182 Å². The van der Waals surface area contributed by atoms with Crippen LogP contribution in [0.1, 0.15) is 56.6 Å². The van der Waals surface area contributed by atoms with Crippen LogP contribution in [0.4, 0.5) is 0 Å². The van der Waals surface area contributed by atoms with Gasteiger partial charge in [0.05, 0.1) is 7.82 Å². The Bertz CT molecular complexity index is 543. The van der Waals surface area contributed by atoms with Crippen LogP contribution in [-0.4, -0.2) is 6.79 Å². The van der Waals surface area contributed by atoms with Crippen LogP contribution in [0.5, 0.6) is 5.75 Å². The molecular formula is C15H21Na2O5P. The minimum atomic E-state index is -5.01. The van der Waals surface area contributed by atoms with Gasteiger partial charge in [0.1, 0.15) is 5.75 Å². The van der Waals surface area contributed by atoms with Gasteiger partial charge in [0.15, 0.2) is 6.79 Å². The summed E-state index contributed by atoms with van der Waals surface area (Å²) in [6, 6.07) is 5.94. The zero-order chi connectivity index (χ0) is 15.6. The molecule has 2 rings (SSSR count). The average molecular weight is 358 g/mol. The molecule has 0 saturated heterocycles. The maximum Gasteiger partial charge on any atom is 1.00 e. The number of phosphoric acid groups is 1. The van der Waals surface area contributed by atoms with Crippen LogP contribution in [0.25, 0.3) is 0 Å². The molecule has 23 heavy (non-hydrogen) atoms. The number of ether oxygens (including phenoxy) is 1. The van der Waals surface area contributed by atoms with Crippen LogP contribution in [-0.2, 0) is 9.09 Å². The summed E-state index contributed by atoms with van der Waals surface area (Å²) in [5.41, 5.74) is 2.05. The van der Waals surface area contributed by atoms with Gasteiger partial charge in [-0.1, -0.05) is 39.0 Å². The molecule has 1 aliphatic carbocycles. The quantitative estimate of drug-likeness (QED) is 0.287. The first-order valence-electron chi connectivity index (χ1n) is 7.22. The Morgan fingerprint density at radius 3 is 2.22 bits per heavy atom. The summed E-state index contributed by atoms with van der Waals surface area (Å²) in [7, 11) is -5.01. The Kier molecular flexibility index (Phi) is 10.8. The molecule has 0 spiro atoms. The first-order chi connectivity index (χ1) is 9.79. The SMILES string of the molecule is CC(C)c1cccc([C@@H](C)C2CC2)c1OCOP(=O)([O-])[O-].[Na+].[Na+]. The van der Waals surface area contributed by atoms with Crippen molar-refractivity contribution in [3.63, 3.8) is 0 Å².